The molecule has 0 unspecified atom stereocenters. The van der Waals surface area contributed by atoms with Crippen LogP contribution >= 0.6 is 11.8 Å². The van der Waals surface area contributed by atoms with Crippen molar-refractivity contribution in [1.29, 1.82) is 5.26 Å². The Labute approximate surface area is 125 Å². The number of thioether (sulfide) groups is 1. The molecule has 0 bridgehead atoms. The molecule has 5 heteroatoms. The summed E-state index contributed by atoms with van der Waals surface area (Å²) >= 11 is 1.41. The Bertz CT molecular complexity index is 896. The van der Waals surface area contributed by atoms with Crippen molar-refractivity contribution in [3.05, 3.63) is 70.0 Å². The number of aromatic amines is 1. The number of para-hydroxylation sites is 1. The van der Waals surface area contributed by atoms with Crippen molar-refractivity contribution in [3.8, 4) is 6.07 Å². The molecule has 0 aliphatic heterocycles. The van der Waals surface area contributed by atoms with E-state index < -0.39 is 0 Å². The topological polar surface area (TPSA) is 69.5 Å². The molecule has 0 saturated carbocycles. The zero-order valence-electron chi connectivity index (χ0n) is 11.0. The van der Waals surface area contributed by atoms with E-state index in [-0.39, 0.29) is 5.56 Å². The third kappa shape index (κ3) is 2.81. The quantitative estimate of drug-likeness (QED) is 0.595. The highest BCUT2D eigenvalue weighted by Crippen LogP contribution is 2.21. The highest BCUT2D eigenvalue weighted by molar-refractivity contribution is 7.98. The average Bonchev–Trinajstić information content (AvgIpc) is 2.53. The van der Waals surface area contributed by atoms with E-state index in [2.05, 4.69) is 16.0 Å². The molecule has 0 radical (unpaired) electrons. The minimum atomic E-state index is -0.142. The van der Waals surface area contributed by atoms with Gasteiger partial charge >= 0.3 is 0 Å². The second-order valence-electron chi connectivity index (χ2n) is 4.45. The van der Waals surface area contributed by atoms with Crippen LogP contribution in [0.1, 0.15) is 11.1 Å². The number of nitrogens with zero attached hydrogens (tertiary/aromatic N) is 2. The van der Waals surface area contributed by atoms with Crippen LogP contribution in [0.4, 0.5) is 0 Å². The summed E-state index contributed by atoms with van der Waals surface area (Å²) in [6.45, 7) is 0. The van der Waals surface area contributed by atoms with Crippen molar-refractivity contribution in [3.63, 3.8) is 0 Å². The molecular formula is C16H11N3OS. The number of nitriles is 1. The van der Waals surface area contributed by atoms with E-state index in [1.807, 2.05) is 36.4 Å². The highest BCUT2D eigenvalue weighted by atomic mass is 32.2. The van der Waals surface area contributed by atoms with Crippen LogP contribution in [0.25, 0.3) is 10.9 Å². The lowest BCUT2D eigenvalue weighted by Gasteiger charge is -2.04. The Kier molecular flexibility index (Phi) is 3.71. The van der Waals surface area contributed by atoms with E-state index >= 15 is 0 Å². The van der Waals surface area contributed by atoms with Crippen LogP contribution in [0.3, 0.4) is 0 Å². The van der Waals surface area contributed by atoms with Gasteiger partial charge in [0.25, 0.3) is 5.56 Å². The van der Waals surface area contributed by atoms with Gasteiger partial charge in [-0.1, -0.05) is 42.1 Å². The molecule has 2 aromatic carbocycles. The summed E-state index contributed by atoms with van der Waals surface area (Å²) in [6.07, 6.45) is 0. The number of aromatic nitrogens is 2. The van der Waals surface area contributed by atoms with Crippen LogP contribution in [0.15, 0.2) is 58.5 Å². The van der Waals surface area contributed by atoms with Crippen LogP contribution in [-0.4, -0.2) is 9.97 Å². The molecule has 0 fully saturated rings. The zero-order valence-corrected chi connectivity index (χ0v) is 11.9. The molecule has 0 amide bonds. The summed E-state index contributed by atoms with van der Waals surface area (Å²) in [5.41, 5.74) is 2.11. The van der Waals surface area contributed by atoms with Crippen LogP contribution in [0.2, 0.25) is 0 Å². The largest absolute Gasteiger partial charge is 0.301 e. The third-order valence-corrected chi connectivity index (χ3v) is 4.02. The fourth-order valence-corrected chi connectivity index (χ4v) is 2.91. The van der Waals surface area contributed by atoms with Gasteiger partial charge in [0.15, 0.2) is 5.16 Å². The van der Waals surface area contributed by atoms with E-state index in [1.165, 1.54) is 11.8 Å². The number of benzene rings is 2. The zero-order chi connectivity index (χ0) is 14.7. The molecule has 102 valence electrons. The molecule has 1 aromatic heterocycles. The third-order valence-electron chi connectivity index (χ3n) is 3.09. The number of H-pyrrole nitrogens is 1. The Morgan fingerprint density at radius 1 is 1.14 bits per heavy atom. The van der Waals surface area contributed by atoms with Gasteiger partial charge in [0.1, 0.15) is 0 Å². The van der Waals surface area contributed by atoms with Crippen LogP contribution in [0, 0.1) is 11.3 Å². The molecule has 1 N–H and O–H groups in total. The lowest BCUT2D eigenvalue weighted by molar-refractivity contribution is 0.973. The van der Waals surface area contributed by atoms with Gasteiger partial charge in [0.05, 0.1) is 22.5 Å². The molecule has 0 aliphatic carbocycles. The van der Waals surface area contributed by atoms with Crippen molar-refractivity contribution in [1.82, 2.24) is 9.97 Å². The lowest BCUT2D eigenvalue weighted by Crippen LogP contribution is -2.08. The first kappa shape index (κ1) is 13.4. The minimum Gasteiger partial charge on any atom is -0.301 e. The number of hydrogen-bond acceptors (Lipinski definition) is 4. The van der Waals surface area contributed by atoms with Gasteiger partial charge in [-0.25, -0.2) is 4.98 Å². The van der Waals surface area contributed by atoms with Crippen LogP contribution in [-0.2, 0) is 5.75 Å². The second kappa shape index (κ2) is 5.81. The standard InChI is InChI=1S/C16H11N3OS/c17-9-11-5-1-2-6-12(11)10-21-16-18-14-8-4-3-7-13(14)15(20)19-16/h1-8H,10H2,(H,18,19,20). The first-order valence-corrected chi connectivity index (χ1v) is 7.36. The summed E-state index contributed by atoms with van der Waals surface area (Å²) in [4.78, 5) is 19.2. The first-order chi connectivity index (χ1) is 10.3. The molecule has 0 saturated heterocycles. The fourth-order valence-electron chi connectivity index (χ4n) is 2.03. The molecule has 4 nitrogen and oxygen atoms in total. The maximum atomic E-state index is 12.0. The minimum absolute atomic E-state index is 0.142. The molecule has 0 spiro atoms. The summed E-state index contributed by atoms with van der Waals surface area (Å²) in [5.74, 6) is 0.588. The fraction of sp³-hybridized carbons (Fsp3) is 0.0625. The molecule has 1 heterocycles. The molecule has 3 aromatic rings. The Hall–Kier alpha value is -2.58. The van der Waals surface area contributed by atoms with Crippen molar-refractivity contribution < 1.29 is 0 Å². The molecule has 0 aliphatic rings. The Morgan fingerprint density at radius 2 is 1.90 bits per heavy atom. The highest BCUT2D eigenvalue weighted by Gasteiger charge is 2.06. The normalized spacial score (nSPS) is 10.4. The van der Waals surface area contributed by atoms with Gasteiger partial charge in [-0.05, 0) is 23.8 Å². The van der Waals surface area contributed by atoms with E-state index in [0.29, 0.717) is 27.4 Å². The summed E-state index contributed by atoms with van der Waals surface area (Å²) in [7, 11) is 0. The Morgan fingerprint density at radius 3 is 2.76 bits per heavy atom. The SMILES string of the molecule is N#Cc1ccccc1CSc1nc2ccccc2c(=O)[nH]1. The molecule has 21 heavy (non-hydrogen) atoms. The molecule has 0 atom stereocenters. The van der Waals surface area contributed by atoms with Crippen molar-refractivity contribution in [2.24, 2.45) is 0 Å². The average molecular weight is 293 g/mol. The van der Waals surface area contributed by atoms with E-state index in [1.54, 1.807) is 12.1 Å². The van der Waals surface area contributed by atoms with Crippen molar-refractivity contribution >= 4 is 22.7 Å². The molecular weight excluding hydrogens is 282 g/mol. The summed E-state index contributed by atoms with van der Waals surface area (Å²) in [5, 5.41) is 10.2. The predicted octanol–water partition coefficient (Wildman–Crippen LogP) is 3.09. The number of fused-ring (bicyclic) bond motifs is 1. The monoisotopic (exact) mass is 293 g/mol. The number of nitrogens with one attached hydrogen (secondary N) is 1. The number of rotatable bonds is 3. The lowest BCUT2D eigenvalue weighted by atomic mass is 10.1. The number of hydrogen-bond donors (Lipinski definition) is 1. The van der Waals surface area contributed by atoms with Gasteiger partial charge in [-0.15, -0.1) is 0 Å². The maximum absolute atomic E-state index is 12.0. The maximum Gasteiger partial charge on any atom is 0.259 e. The van der Waals surface area contributed by atoms with Gasteiger partial charge < -0.3 is 4.98 Å². The van der Waals surface area contributed by atoms with Gasteiger partial charge in [0, 0.05) is 5.75 Å². The summed E-state index contributed by atoms with van der Waals surface area (Å²) < 4.78 is 0. The van der Waals surface area contributed by atoms with Gasteiger partial charge in [-0.2, -0.15) is 5.26 Å². The van der Waals surface area contributed by atoms with E-state index in [0.717, 1.165) is 5.56 Å². The van der Waals surface area contributed by atoms with Crippen LogP contribution < -0.4 is 5.56 Å². The van der Waals surface area contributed by atoms with Crippen molar-refractivity contribution in [2.75, 3.05) is 0 Å². The van der Waals surface area contributed by atoms with Gasteiger partial charge in [-0.3, -0.25) is 4.79 Å². The molecule has 3 rings (SSSR count). The van der Waals surface area contributed by atoms with E-state index in [4.69, 9.17) is 5.26 Å². The van der Waals surface area contributed by atoms with E-state index in [9.17, 15) is 4.79 Å². The second-order valence-corrected chi connectivity index (χ2v) is 5.41. The summed E-state index contributed by atoms with van der Waals surface area (Å²) in [6, 6.07) is 16.8. The first-order valence-electron chi connectivity index (χ1n) is 6.38. The van der Waals surface area contributed by atoms with Gasteiger partial charge in [0.2, 0.25) is 0 Å². The smallest absolute Gasteiger partial charge is 0.259 e. The Balaban J connectivity index is 1.89. The predicted molar refractivity (Wildman–Crippen MR) is 83.1 cm³/mol. The van der Waals surface area contributed by atoms with Crippen molar-refractivity contribution in [2.45, 2.75) is 10.9 Å². The van der Waals surface area contributed by atoms with Crippen LogP contribution in [0.5, 0.6) is 0 Å².